The van der Waals surface area contributed by atoms with E-state index in [1.54, 1.807) is 6.26 Å². The van der Waals surface area contributed by atoms with Crippen molar-refractivity contribution in [1.82, 2.24) is 0 Å². The number of ether oxygens (including phenoxy) is 3. The van der Waals surface area contributed by atoms with Gasteiger partial charge in [0.1, 0.15) is 19.8 Å². The highest BCUT2D eigenvalue weighted by molar-refractivity contribution is 7.45. The van der Waals surface area contributed by atoms with Crippen LogP contribution in [0.5, 0.6) is 0 Å². The second kappa shape index (κ2) is 33.4. The zero-order valence-electron chi connectivity index (χ0n) is 35.1. The molecule has 9 nitrogen and oxygen atoms in total. The van der Waals surface area contributed by atoms with Gasteiger partial charge in [-0.15, -0.1) is 0 Å². The van der Waals surface area contributed by atoms with E-state index < -0.39 is 13.9 Å². The maximum absolute atomic E-state index is 12.5. The topological polar surface area (TPSA) is 107 Å². The smallest absolute Gasteiger partial charge is 0.305 e. The summed E-state index contributed by atoms with van der Waals surface area (Å²) in [5.41, 5.74) is 0. The number of unbranched alkanes of at least 4 members (excludes halogenated alkanes) is 15. The monoisotopic (exact) mass is 782 g/mol. The van der Waals surface area contributed by atoms with Gasteiger partial charge in [-0.05, 0) is 63.9 Å². The number of quaternary nitrogens is 1. The van der Waals surface area contributed by atoms with Gasteiger partial charge in [-0.3, -0.25) is 9.36 Å². The fourth-order valence-electron chi connectivity index (χ4n) is 5.85. The molecule has 1 aliphatic rings. The highest BCUT2D eigenvalue weighted by Gasteiger charge is 2.36. The van der Waals surface area contributed by atoms with Crippen LogP contribution in [0.15, 0.2) is 48.8 Å². The van der Waals surface area contributed by atoms with Gasteiger partial charge in [0.05, 0.1) is 46.2 Å². The minimum Gasteiger partial charge on any atom is -0.756 e. The number of rotatable bonds is 38. The molecule has 0 amide bonds. The van der Waals surface area contributed by atoms with Crippen LogP contribution in [0.4, 0.5) is 0 Å². The standard InChI is InChI=1S/C44H80NO8P/c1-6-8-10-12-14-16-18-20-21-23-25-27-29-31-37-49-41(40-52-54(47,48)51-38-36-45(3,4)5)39-50-44(46)35-32-34-43-42(53-43)33-30-28-26-24-22-19-17-15-13-11-9-7-2/h15,17,22,24,28,30-31,37,41-43H,6-14,16,18-21,23,25-27,29,32-36,38-40H2,1-5H3/b17-15-,24-22-,30-28-,37-31+/t41-,42?,43?/m1/s1. The Morgan fingerprint density at radius 2 is 1.26 bits per heavy atom. The Balaban J connectivity index is 2.31. The van der Waals surface area contributed by atoms with E-state index in [0.29, 0.717) is 17.4 Å². The number of phosphoric ester groups is 1. The van der Waals surface area contributed by atoms with Gasteiger partial charge in [0.15, 0.2) is 6.10 Å². The summed E-state index contributed by atoms with van der Waals surface area (Å²) in [4.78, 5) is 24.9. The highest BCUT2D eigenvalue weighted by Crippen LogP contribution is 2.38. The zero-order chi connectivity index (χ0) is 39.6. The summed E-state index contributed by atoms with van der Waals surface area (Å²) < 4.78 is 40.1. The summed E-state index contributed by atoms with van der Waals surface area (Å²) in [5.74, 6) is -0.353. The van der Waals surface area contributed by atoms with E-state index in [0.717, 1.165) is 38.5 Å². The summed E-state index contributed by atoms with van der Waals surface area (Å²) in [7, 11) is 1.32. The van der Waals surface area contributed by atoms with Crippen LogP contribution in [0.3, 0.4) is 0 Å². The minimum absolute atomic E-state index is 0.0142. The van der Waals surface area contributed by atoms with E-state index in [4.69, 9.17) is 23.3 Å². The van der Waals surface area contributed by atoms with E-state index in [2.05, 4.69) is 50.3 Å². The number of carbonyl (C=O) groups is 1. The third-order valence-electron chi connectivity index (χ3n) is 9.40. The predicted molar refractivity (Wildman–Crippen MR) is 221 cm³/mol. The van der Waals surface area contributed by atoms with Gasteiger partial charge in [-0.1, -0.05) is 134 Å². The van der Waals surface area contributed by atoms with Crippen molar-refractivity contribution in [2.24, 2.45) is 0 Å². The van der Waals surface area contributed by atoms with Crippen molar-refractivity contribution in [1.29, 1.82) is 0 Å². The Hall–Kier alpha value is -1.74. The summed E-state index contributed by atoms with van der Waals surface area (Å²) in [6, 6.07) is 0. The molecular formula is C44H80NO8P. The lowest BCUT2D eigenvalue weighted by molar-refractivity contribution is -0.870. The van der Waals surface area contributed by atoms with Gasteiger partial charge in [0.25, 0.3) is 7.82 Å². The number of nitrogens with zero attached hydrogens (tertiary/aromatic N) is 1. The Morgan fingerprint density at radius 1 is 0.704 bits per heavy atom. The lowest BCUT2D eigenvalue weighted by Gasteiger charge is -2.28. The number of phosphoric acid groups is 1. The number of esters is 1. The quantitative estimate of drug-likeness (QED) is 0.0116. The second-order valence-electron chi connectivity index (χ2n) is 15.8. The molecule has 4 atom stereocenters. The van der Waals surface area contributed by atoms with Crippen LogP contribution in [0.2, 0.25) is 0 Å². The van der Waals surface area contributed by atoms with Gasteiger partial charge >= 0.3 is 5.97 Å². The predicted octanol–water partition coefficient (Wildman–Crippen LogP) is 11.1. The first-order valence-corrected chi connectivity index (χ1v) is 23.0. The van der Waals surface area contributed by atoms with Gasteiger partial charge in [0, 0.05) is 6.42 Å². The molecular weight excluding hydrogens is 701 g/mol. The molecule has 1 saturated heterocycles. The molecule has 1 heterocycles. The van der Waals surface area contributed by atoms with Crippen molar-refractivity contribution in [3.05, 3.63) is 48.8 Å². The maximum atomic E-state index is 12.5. The molecule has 0 aromatic rings. The molecule has 54 heavy (non-hydrogen) atoms. The first kappa shape index (κ1) is 50.3. The van der Waals surface area contributed by atoms with E-state index in [9.17, 15) is 14.3 Å². The fraction of sp³-hybridized carbons (Fsp3) is 0.795. The van der Waals surface area contributed by atoms with Crippen molar-refractivity contribution < 1.29 is 42.0 Å². The molecule has 3 unspecified atom stereocenters. The summed E-state index contributed by atoms with van der Waals surface area (Å²) >= 11 is 0. The number of carbonyl (C=O) groups excluding carboxylic acids is 1. The molecule has 0 aromatic carbocycles. The van der Waals surface area contributed by atoms with E-state index in [1.165, 1.54) is 96.3 Å². The lowest BCUT2D eigenvalue weighted by atomic mass is 10.0. The Labute approximate surface area is 331 Å². The number of hydrogen-bond donors (Lipinski definition) is 0. The van der Waals surface area contributed by atoms with Gasteiger partial charge in [0.2, 0.25) is 0 Å². The molecule has 1 rings (SSSR count). The normalized spacial score (nSPS) is 18.0. The molecule has 0 spiro atoms. The van der Waals surface area contributed by atoms with Crippen LogP contribution in [-0.4, -0.2) is 76.3 Å². The Kier molecular flexibility index (Phi) is 31.1. The molecule has 0 aromatic heterocycles. The number of likely N-dealkylation sites (N-methyl/N-ethyl adjacent to an activating group) is 1. The van der Waals surface area contributed by atoms with Crippen LogP contribution in [0.25, 0.3) is 0 Å². The number of allylic oxidation sites excluding steroid dienone is 6. The molecule has 0 bridgehead atoms. The van der Waals surface area contributed by atoms with E-state index >= 15 is 0 Å². The SMILES string of the molecule is CCCCC/C=C\C/C=C\C/C=C\CC1OC1CCCC(=O)OC[C@H](COP(=O)([O-])OCC[N+](C)(C)C)O/C=C/CCCCCCCCCCCCCC. The molecule has 1 fully saturated rings. The summed E-state index contributed by atoms with van der Waals surface area (Å²) in [5, 5.41) is 0. The van der Waals surface area contributed by atoms with Crippen LogP contribution in [-0.2, 0) is 32.6 Å². The molecule has 0 radical (unpaired) electrons. The average Bonchev–Trinajstić information content (AvgIpc) is 3.88. The summed E-state index contributed by atoms with van der Waals surface area (Å²) in [6.07, 6.45) is 42.4. The summed E-state index contributed by atoms with van der Waals surface area (Å²) in [6.45, 7) is 4.59. The molecule has 0 N–H and O–H groups in total. The largest absolute Gasteiger partial charge is 0.756 e. The van der Waals surface area contributed by atoms with Crippen LogP contribution in [0, 0.1) is 0 Å². The molecule has 1 aliphatic heterocycles. The Bertz CT molecular complexity index is 1070. The average molecular weight is 782 g/mol. The first-order chi connectivity index (χ1) is 26.1. The van der Waals surface area contributed by atoms with Crippen molar-refractivity contribution >= 4 is 13.8 Å². The van der Waals surface area contributed by atoms with Crippen LogP contribution in [0.1, 0.15) is 162 Å². The highest BCUT2D eigenvalue weighted by atomic mass is 31.2. The van der Waals surface area contributed by atoms with Crippen molar-refractivity contribution in [3.63, 3.8) is 0 Å². The number of hydrogen-bond acceptors (Lipinski definition) is 8. The first-order valence-electron chi connectivity index (χ1n) is 21.5. The molecule has 0 aliphatic carbocycles. The minimum atomic E-state index is -4.53. The molecule has 0 saturated carbocycles. The van der Waals surface area contributed by atoms with Crippen molar-refractivity contribution in [2.45, 2.75) is 180 Å². The third-order valence-corrected chi connectivity index (χ3v) is 10.4. The van der Waals surface area contributed by atoms with Crippen LogP contribution >= 0.6 is 7.82 Å². The third kappa shape index (κ3) is 33.6. The van der Waals surface area contributed by atoms with Crippen molar-refractivity contribution in [3.8, 4) is 0 Å². The fourth-order valence-corrected chi connectivity index (χ4v) is 6.58. The van der Waals surface area contributed by atoms with E-state index in [1.807, 2.05) is 27.2 Å². The zero-order valence-corrected chi connectivity index (χ0v) is 36.0. The van der Waals surface area contributed by atoms with Gasteiger partial charge < -0.3 is 32.6 Å². The van der Waals surface area contributed by atoms with Gasteiger partial charge in [-0.25, -0.2) is 0 Å². The van der Waals surface area contributed by atoms with Crippen molar-refractivity contribution in [2.75, 3.05) is 47.5 Å². The van der Waals surface area contributed by atoms with E-state index in [-0.39, 0.29) is 44.4 Å². The number of epoxide rings is 1. The van der Waals surface area contributed by atoms with Gasteiger partial charge in [-0.2, -0.15) is 0 Å². The molecule has 314 valence electrons. The maximum Gasteiger partial charge on any atom is 0.305 e. The Morgan fingerprint density at radius 3 is 1.91 bits per heavy atom. The lowest BCUT2D eigenvalue weighted by Crippen LogP contribution is -2.37. The molecule has 10 heteroatoms. The van der Waals surface area contributed by atoms with Crippen LogP contribution < -0.4 is 4.89 Å². The second-order valence-corrected chi connectivity index (χ2v) is 17.2.